The summed E-state index contributed by atoms with van der Waals surface area (Å²) in [6, 6.07) is 13.5. The van der Waals surface area contributed by atoms with Crippen molar-refractivity contribution in [3.63, 3.8) is 0 Å². The Morgan fingerprint density at radius 2 is 1.83 bits per heavy atom. The van der Waals surface area contributed by atoms with Crippen molar-refractivity contribution in [1.29, 1.82) is 0 Å². The molecule has 0 radical (unpaired) electrons. The highest BCUT2D eigenvalue weighted by atomic mass is 16.7. The van der Waals surface area contributed by atoms with Crippen LogP contribution in [0.4, 0.5) is 0 Å². The molecule has 0 aromatic heterocycles. The summed E-state index contributed by atoms with van der Waals surface area (Å²) < 4.78 is 21.9. The smallest absolute Gasteiger partial charge is 0.338 e. The number of carbonyl (C=O) groups is 1. The number of azide groups is 1. The predicted octanol–water partition coefficient (Wildman–Crippen LogP) is 2.06. The van der Waals surface area contributed by atoms with Crippen LogP contribution in [0.25, 0.3) is 10.4 Å². The first-order valence-electron chi connectivity index (χ1n) is 9.12. The number of ether oxygens (including phenoxy) is 4. The Kier molecular flexibility index (Phi) is 7.10. The van der Waals surface area contributed by atoms with E-state index < -0.39 is 43.2 Å². The predicted molar refractivity (Wildman–Crippen MR) is 104 cm³/mol. The number of esters is 1. The van der Waals surface area contributed by atoms with E-state index in [2.05, 4.69) is 10.0 Å². The molecule has 10 nitrogen and oxygen atoms in total. The zero-order valence-electron chi connectivity index (χ0n) is 16.1. The molecular formula is C20H21N3O7. The molecule has 0 spiro atoms. The molecule has 2 N–H and O–H groups in total. The van der Waals surface area contributed by atoms with Gasteiger partial charge < -0.3 is 29.2 Å². The van der Waals surface area contributed by atoms with Gasteiger partial charge in [-0.25, -0.2) is 4.79 Å². The molecule has 1 fully saturated rings. The van der Waals surface area contributed by atoms with Crippen LogP contribution in [0.15, 0.2) is 59.7 Å². The number of hydrogen-bond donors (Lipinski definition) is 2. The highest BCUT2D eigenvalue weighted by Crippen LogP contribution is 2.29. The molecule has 3 rings (SSSR count). The fraction of sp³-hybridized carbons (Fsp3) is 0.350. The quantitative estimate of drug-likeness (QED) is 0.305. The minimum Gasteiger partial charge on any atom is -0.497 e. The summed E-state index contributed by atoms with van der Waals surface area (Å²) in [5.74, 6) is 0.247. The van der Waals surface area contributed by atoms with Crippen LogP contribution in [0.2, 0.25) is 0 Å². The van der Waals surface area contributed by atoms with Gasteiger partial charge in [0, 0.05) is 4.91 Å². The number of aliphatic hydroxyl groups excluding tert-OH is 2. The first-order valence-corrected chi connectivity index (χ1v) is 9.12. The largest absolute Gasteiger partial charge is 0.497 e. The van der Waals surface area contributed by atoms with Crippen LogP contribution in [0.1, 0.15) is 10.4 Å². The van der Waals surface area contributed by atoms with E-state index in [-0.39, 0.29) is 5.56 Å². The topological polar surface area (TPSA) is 143 Å². The Bertz CT molecular complexity index is 887. The number of hydrogen-bond acceptors (Lipinski definition) is 8. The van der Waals surface area contributed by atoms with Crippen LogP contribution in [0, 0.1) is 0 Å². The lowest BCUT2D eigenvalue weighted by atomic mass is 9.97. The van der Waals surface area contributed by atoms with E-state index in [1.54, 1.807) is 54.6 Å². The first-order chi connectivity index (χ1) is 14.6. The minimum absolute atomic E-state index is 0.254. The van der Waals surface area contributed by atoms with Crippen molar-refractivity contribution in [2.24, 2.45) is 5.11 Å². The zero-order chi connectivity index (χ0) is 21.5. The van der Waals surface area contributed by atoms with Crippen LogP contribution < -0.4 is 9.47 Å². The third-order valence-corrected chi connectivity index (χ3v) is 4.57. The van der Waals surface area contributed by atoms with Crippen LogP contribution in [-0.4, -0.2) is 60.5 Å². The van der Waals surface area contributed by atoms with E-state index in [0.717, 1.165) is 0 Å². The Balaban J connectivity index is 1.86. The summed E-state index contributed by atoms with van der Waals surface area (Å²) in [5.41, 5.74) is 9.26. The molecule has 0 bridgehead atoms. The second kappa shape index (κ2) is 9.95. The van der Waals surface area contributed by atoms with Crippen molar-refractivity contribution in [2.75, 3.05) is 13.7 Å². The molecule has 10 heteroatoms. The normalized spacial score (nSPS) is 25.6. The number of benzene rings is 2. The summed E-state index contributed by atoms with van der Waals surface area (Å²) in [6.45, 7) is -0.563. The Hall–Kier alpha value is -3.30. The average Bonchev–Trinajstić information content (AvgIpc) is 2.78. The molecule has 2 aromatic carbocycles. The Labute approximate surface area is 172 Å². The highest BCUT2D eigenvalue weighted by molar-refractivity contribution is 5.89. The highest BCUT2D eigenvalue weighted by Gasteiger charge is 2.48. The number of aliphatic hydroxyl groups is 2. The third kappa shape index (κ3) is 4.81. The van der Waals surface area contributed by atoms with Crippen molar-refractivity contribution < 1.29 is 34.0 Å². The second-order valence-corrected chi connectivity index (χ2v) is 6.44. The lowest BCUT2D eigenvalue weighted by Gasteiger charge is -2.41. The number of rotatable bonds is 7. The number of nitrogens with zero attached hydrogens (tertiary/aromatic N) is 3. The molecule has 0 unspecified atom stereocenters. The van der Waals surface area contributed by atoms with Crippen molar-refractivity contribution in [3.8, 4) is 11.5 Å². The van der Waals surface area contributed by atoms with E-state index >= 15 is 0 Å². The summed E-state index contributed by atoms with van der Waals surface area (Å²) in [4.78, 5) is 15.3. The summed E-state index contributed by atoms with van der Waals surface area (Å²) in [5, 5.41) is 23.8. The van der Waals surface area contributed by atoms with Crippen LogP contribution >= 0.6 is 0 Å². The standard InChI is InChI=1S/C20H21N3O7/c1-27-13-7-9-14(10-8-13)28-20-16(22-23-21)18(17(25)15(11-24)29-20)30-19(26)12-5-3-2-4-6-12/h2-10,15-18,20,24-25H,11H2,1H3/t15-,16-,17+,18-,20+/m1/s1. The Morgan fingerprint density at radius 3 is 2.43 bits per heavy atom. The lowest BCUT2D eigenvalue weighted by molar-refractivity contribution is -0.238. The fourth-order valence-corrected chi connectivity index (χ4v) is 3.02. The van der Waals surface area contributed by atoms with Gasteiger partial charge in [0.1, 0.15) is 35.9 Å². The Morgan fingerprint density at radius 1 is 1.17 bits per heavy atom. The van der Waals surface area contributed by atoms with Gasteiger partial charge in [0.2, 0.25) is 6.29 Å². The SMILES string of the molecule is COc1ccc(O[C@H]2O[C@H](CO)[C@H](O)[C@H](OC(=O)c3ccccc3)[C@H]2N=[N+]=[N-])cc1. The molecule has 158 valence electrons. The maximum atomic E-state index is 12.5. The number of methoxy groups -OCH3 is 1. The van der Waals surface area contributed by atoms with Gasteiger partial charge in [0.15, 0.2) is 0 Å². The van der Waals surface area contributed by atoms with Crippen LogP contribution in [-0.2, 0) is 9.47 Å². The zero-order valence-corrected chi connectivity index (χ0v) is 16.1. The lowest BCUT2D eigenvalue weighted by Crippen LogP contribution is -2.60. The monoisotopic (exact) mass is 415 g/mol. The van der Waals surface area contributed by atoms with Crippen molar-refractivity contribution in [1.82, 2.24) is 0 Å². The molecule has 1 aliphatic rings. The van der Waals surface area contributed by atoms with Crippen molar-refractivity contribution in [3.05, 3.63) is 70.6 Å². The van der Waals surface area contributed by atoms with E-state index in [1.807, 2.05) is 0 Å². The minimum atomic E-state index is -1.44. The van der Waals surface area contributed by atoms with Gasteiger partial charge in [-0.05, 0) is 41.9 Å². The molecule has 1 aliphatic heterocycles. The van der Waals surface area contributed by atoms with Crippen LogP contribution in [0.3, 0.4) is 0 Å². The summed E-state index contributed by atoms with van der Waals surface area (Å²) in [7, 11) is 1.52. The molecule has 0 amide bonds. The molecular weight excluding hydrogens is 394 g/mol. The van der Waals surface area contributed by atoms with Gasteiger partial charge in [-0.15, -0.1) is 0 Å². The van der Waals surface area contributed by atoms with Crippen molar-refractivity contribution in [2.45, 2.75) is 30.6 Å². The van der Waals surface area contributed by atoms with Gasteiger partial charge in [0.25, 0.3) is 0 Å². The third-order valence-electron chi connectivity index (χ3n) is 4.57. The van der Waals surface area contributed by atoms with E-state index in [9.17, 15) is 15.0 Å². The second-order valence-electron chi connectivity index (χ2n) is 6.44. The first kappa shape index (κ1) is 21.4. The maximum Gasteiger partial charge on any atom is 0.338 e. The van der Waals surface area contributed by atoms with Crippen LogP contribution in [0.5, 0.6) is 11.5 Å². The van der Waals surface area contributed by atoms with Gasteiger partial charge in [-0.3, -0.25) is 0 Å². The molecule has 2 aromatic rings. The van der Waals surface area contributed by atoms with Crippen molar-refractivity contribution >= 4 is 5.97 Å². The molecule has 5 atom stereocenters. The maximum absolute atomic E-state index is 12.5. The average molecular weight is 415 g/mol. The van der Waals surface area contributed by atoms with E-state index in [1.165, 1.54) is 7.11 Å². The summed E-state index contributed by atoms with van der Waals surface area (Å²) in [6.07, 6.45) is -5.08. The molecule has 1 saturated heterocycles. The number of carbonyl (C=O) groups excluding carboxylic acids is 1. The van der Waals surface area contributed by atoms with E-state index in [4.69, 9.17) is 24.5 Å². The summed E-state index contributed by atoms with van der Waals surface area (Å²) >= 11 is 0. The van der Waals surface area contributed by atoms with E-state index in [0.29, 0.717) is 11.5 Å². The fourth-order valence-electron chi connectivity index (χ4n) is 3.02. The molecule has 1 heterocycles. The van der Waals surface area contributed by atoms with Gasteiger partial charge >= 0.3 is 5.97 Å². The molecule has 30 heavy (non-hydrogen) atoms. The van der Waals surface area contributed by atoms with Gasteiger partial charge in [0.05, 0.1) is 19.3 Å². The van der Waals surface area contributed by atoms with Gasteiger partial charge in [-0.2, -0.15) is 0 Å². The molecule has 0 aliphatic carbocycles. The molecule has 0 saturated carbocycles. The van der Waals surface area contributed by atoms with Gasteiger partial charge in [-0.1, -0.05) is 23.3 Å².